The summed E-state index contributed by atoms with van der Waals surface area (Å²) in [6.45, 7) is 5.25. The van der Waals surface area contributed by atoms with E-state index in [2.05, 4.69) is 24.1 Å². The molecule has 1 atom stereocenters. The van der Waals surface area contributed by atoms with E-state index in [-0.39, 0.29) is 0 Å². The van der Waals surface area contributed by atoms with E-state index >= 15 is 0 Å². The molecule has 0 saturated carbocycles. The third-order valence-electron chi connectivity index (χ3n) is 2.69. The van der Waals surface area contributed by atoms with Crippen molar-refractivity contribution < 1.29 is 4.74 Å². The van der Waals surface area contributed by atoms with Gasteiger partial charge < -0.3 is 10.1 Å². The zero-order valence-electron chi connectivity index (χ0n) is 10.5. The topological polar surface area (TPSA) is 34.1 Å². The van der Waals surface area contributed by atoms with Crippen LogP contribution in [0.1, 0.15) is 38.8 Å². The Morgan fingerprint density at radius 2 is 2.19 bits per heavy atom. The largest absolute Gasteiger partial charge is 0.481 e. The summed E-state index contributed by atoms with van der Waals surface area (Å²) in [5.74, 6) is 0.683. The molecule has 0 radical (unpaired) electrons. The van der Waals surface area contributed by atoms with Gasteiger partial charge in [-0.05, 0) is 18.9 Å². The van der Waals surface area contributed by atoms with Gasteiger partial charge in [0.25, 0.3) is 0 Å². The van der Waals surface area contributed by atoms with Gasteiger partial charge in [0, 0.05) is 18.7 Å². The molecule has 1 unspecified atom stereocenters. The number of aromatic nitrogens is 1. The molecule has 0 aliphatic carbocycles. The fourth-order valence-corrected chi connectivity index (χ4v) is 1.72. The summed E-state index contributed by atoms with van der Waals surface area (Å²) in [6.07, 6.45) is 3.61. The second-order valence-corrected chi connectivity index (χ2v) is 3.95. The van der Waals surface area contributed by atoms with Gasteiger partial charge in [-0.3, -0.25) is 0 Å². The van der Waals surface area contributed by atoms with Crippen molar-refractivity contribution in [3.8, 4) is 5.88 Å². The van der Waals surface area contributed by atoms with Crippen molar-refractivity contribution in [2.24, 2.45) is 0 Å². The molecule has 3 nitrogen and oxygen atoms in total. The number of hydrogen-bond donors (Lipinski definition) is 1. The molecule has 1 rings (SSSR count). The molecule has 3 heteroatoms. The van der Waals surface area contributed by atoms with E-state index in [0.717, 1.165) is 18.7 Å². The number of nitrogens with zero attached hydrogens (tertiary/aromatic N) is 1. The molecule has 16 heavy (non-hydrogen) atoms. The van der Waals surface area contributed by atoms with Gasteiger partial charge >= 0.3 is 0 Å². The summed E-state index contributed by atoms with van der Waals surface area (Å²) in [7, 11) is 1.64. The van der Waals surface area contributed by atoms with E-state index in [9.17, 15) is 0 Å². The SMILES string of the molecule is CCCC(CC)NCc1cccc(OC)n1. The van der Waals surface area contributed by atoms with Gasteiger partial charge in [0.05, 0.1) is 12.8 Å². The van der Waals surface area contributed by atoms with Crippen LogP contribution in [0.15, 0.2) is 18.2 Å². The van der Waals surface area contributed by atoms with E-state index in [1.54, 1.807) is 7.11 Å². The first-order valence-electron chi connectivity index (χ1n) is 6.03. The van der Waals surface area contributed by atoms with Crippen LogP contribution in [0, 0.1) is 0 Å². The number of rotatable bonds is 7. The minimum Gasteiger partial charge on any atom is -0.481 e. The lowest BCUT2D eigenvalue weighted by Crippen LogP contribution is -2.28. The van der Waals surface area contributed by atoms with E-state index in [4.69, 9.17) is 4.74 Å². The van der Waals surface area contributed by atoms with Crippen molar-refractivity contribution in [3.63, 3.8) is 0 Å². The van der Waals surface area contributed by atoms with Crippen LogP contribution in [0.4, 0.5) is 0 Å². The molecule has 0 amide bonds. The smallest absolute Gasteiger partial charge is 0.213 e. The lowest BCUT2D eigenvalue weighted by atomic mass is 10.1. The minimum atomic E-state index is 0.595. The Hall–Kier alpha value is -1.09. The molecule has 90 valence electrons. The molecule has 0 fully saturated rings. The van der Waals surface area contributed by atoms with Gasteiger partial charge in [-0.2, -0.15) is 0 Å². The number of hydrogen-bond acceptors (Lipinski definition) is 3. The van der Waals surface area contributed by atoms with Crippen molar-refractivity contribution in [2.45, 2.75) is 45.7 Å². The van der Waals surface area contributed by atoms with Crippen LogP contribution in [0.5, 0.6) is 5.88 Å². The van der Waals surface area contributed by atoms with Crippen LogP contribution in [-0.4, -0.2) is 18.1 Å². The second kappa shape index (κ2) is 7.23. The summed E-state index contributed by atoms with van der Waals surface area (Å²) in [6, 6.07) is 6.46. The highest BCUT2D eigenvalue weighted by molar-refractivity contribution is 5.15. The lowest BCUT2D eigenvalue weighted by molar-refractivity contribution is 0.393. The van der Waals surface area contributed by atoms with E-state index in [1.807, 2.05) is 18.2 Å². The van der Waals surface area contributed by atoms with Crippen LogP contribution in [0.2, 0.25) is 0 Å². The predicted molar refractivity (Wildman–Crippen MR) is 66.6 cm³/mol. The average molecular weight is 222 g/mol. The number of methoxy groups -OCH3 is 1. The maximum atomic E-state index is 5.10. The first-order valence-corrected chi connectivity index (χ1v) is 6.03. The standard InChI is InChI=1S/C13H22N2O/c1-4-7-11(5-2)14-10-12-8-6-9-13(15-12)16-3/h6,8-9,11,14H,4-5,7,10H2,1-3H3. The van der Waals surface area contributed by atoms with Crippen LogP contribution in [0.3, 0.4) is 0 Å². The molecule has 1 aromatic rings. The van der Waals surface area contributed by atoms with E-state index < -0.39 is 0 Å². The molecule has 0 saturated heterocycles. The number of ether oxygens (including phenoxy) is 1. The van der Waals surface area contributed by atoms with Crippen molar-refractivity contribution in [1.29, 1.82) is 0 Å². The summed E-state index contributed by atoms with van der Waals surface area (Å²) in [4.78, 5) is 4.37. The maximum Gasteiger partial charge on any atom is 0.213 e. The molecule has 0 bridgehead atoms. The Balaban J connectivity index is 2.46. The summed E-state index contributed by atoms with van der Waals surface area (Å²) < 4.78 is 5.10. The first-order chi connectivity index (χ1) is 7.80. The van der Waals surface area contributed by atoms with Gasteiger partial charge in [-0.25, -0.2) is 4.98 Å². The molecule has 0 spiro atoms. The summed E-state index contributed by atoms with van der Waals surface area (Å²) in [5, 5.41) is 3.52. The second-order valence-electron chi connectivity index (χ2n) is 3.95. The zero-order chi connectivity index (χ0) is 11.8. The van der Waals surface area contributed by atoms with Gasteiger partial charge in [0.2, 0.25) is 5.88 Å². The van der Waals surface area contributed by atoms with Crippen molar-refractivity contribution in [2.75, 3.05) is 7.11 Å². The summed E-state index contributed by atoms with van der Waals surface area (Å²) >= 11 is 0. The normalized spacial score (nSPS) is 12.4. The minimum absolute atomic E-state index is 0.595. The number of pyridine rings is 1. The number of nitrogens with one attached hydrogen (secondary N) is 1. The quantitative estimate of drug-likeness (QED) is 0.770. The van der Waals surface area contributed by atoms with Crippen molar-refractivity contribution in [3.05, 3.63) is 23.9 Å². The molecular formula is C13H22N2O. The van der Waals surface area contributed by atoms with Crippen molar-refractivity contribution >= 4 is 0 Å². The van der Waals surface area contributed by atoms with Gasteiger partial charge in [0.15, 0.2) is 0 Å². The van der Waals surface area contributed by atoms with Crippen LogP contribution in [0.25, 0.3) is 0 Å². The van der Waals surface area contributed by atoms with Gasteiger partial charge in [-0.1, -0.05) is 26.3 Å². The highest BCUT2D eigenvalue weighted by Crippen LogP contribution is 2.07. The fraction of sp³-hybridized carbons (Fsp3) is 0.615. The van der Waals surface area contributed by atoms with Gasteiger partial charge in [0.1, 0.15) is 0 Å². The van der Waals surface area contributed by atoms with Gasteiger partial charge in [-0.15, -0.1) is 0 Å². The molecule has 1 heterocycles. The fourth-order valence-electron chi connectivity index (χ4n) is 1.72. The predicted octanol–water partition coefficient (Wildman–Crippen LogP) is 2.76. The third-order valence-corrected chi connectivity index (χ3v) is 2.69. The Labute approximate surface area is 98.2 Å². The van der Waals surface area contributed by atoms with Crippen LogP contribution in [-0.2, 0) is 6.54 Å². The monoisotopic (exact) mass is 222 g/mol. The lowest BCUT2D eigenvalue weighted by Gasteiger charge is -2.15. The molecule has 1 aromatic heterocycles. The Morgan fingerprint density at radius 1 is 1.38 bits per heavy atom. The Kier molecular flexibility index (Phi) is 5.86. The maximum absolute atomic E-state index is 5.10. The molecule has 0 aliphatic rings. The Morgan fingerprint density at radius 3 is 2.81 bits per heavy atom. The van der Waals surface area contributed by atoms with E-state index in [1.165, 1.54) is 12.8 Å². The molecule has 0 aromatic carbocycles. The van der Waals surface area contributed by atoms with E-state index in [0.29, 0.717) is 11.9 Å². The molecule has 0 aliphatic heterocycles. The van der Waals surface area contributed by atoms with Crippen LogP contribution >= 0.6 is 0 Å². The molecular weight excluding hydrogens is 200 g/mol. The highest BCUT2D eigenvalue weighted by atomic mass is 16.5. The Bertz CT molecular complexity index is 302. The third kappa shape index (κ3) is 4.19. The zero-order valence-corrected chi connectivity index (χ0v) is 10.5. The molecule has 1 N–H and O–H groups in total. The van der Waals surface area contributed by atoms with Crippen LogP contribution < -0.4 is 10.1 Å². The highest BCUT2D eigenvalue weighted by Gasteiger charge is 2.04. The summed E-state index contributed by atoms with van der Waals surface area (Å²) in [5.41, 5.74) is 1.04. The first kappa shape index (κ1) is 13.0. The average Bonchev–Trinajstić information content (AvgIpc) is 2.34. The van der Waals surface area contributed by atoms with Crippen molar-refractivity contribution in [1.82, 2.24) is 10.3 Å².